The van der Waals surface area contributed by atoms with E-state index in [0.29, 0.717) is 24.6 Å². The molecule has 1 unspecified atom stereocenters. The molecule has 2 aliphatic heterocycles. The second kappa shape index (κ2) is 9.40. The number of ether oxygens (including phenoxy) is 3. The van der Waals surface area contributed by atoms with Gasteiger partial charge in [-0.05, 0) is 47.3 Å². The highest BCUT2D eigenvalue weighted by Crippen LogP contribution is 2.37. The van der Waals surface area contributed by atoms with Gasteiger partial charge in [0.1, 0.15) is 13.2 Å². The molecule has 2 aromatic heterocycles. The third kappa shape index (κ3) is 4.62. The standard InChI is InChI=1S/C23H24N2O4S2/c26-23(24-15-17(21-2-1-13-30-21)25-7-9-27-10-8-25)22-6-5-20(31-22)16-3-4-18-19(14-16)29-12-11-28-18/h1-6,13-14,17H,7-12,15H2,(H,24,26). The lowest BCUT2D eigenvalue weighted by Gasteiger charge is -2.34. The van der Waals surface area contributed by atoms with Crippen LogP contribution in [0.25, 0.3) is 10.4 Å². The maximum Gasteiger partial charge on any atom is 0.261 e. The molecular formula is C23H24N2O4S2. The highest BCUT2D eigenvalue weighted by molar-refractivity contribution is 7.17. The molecule has 0 saturated carbocycles. The van der Waals surface area contributed by atoms with Gasteiger partial charge in [0.25, 0.3) is 5.91 Å². The van der Waals surface area contributed by atoms with Gasteiger partial charge in [-0.15, -0.1) is 22.7 Å². The van der Waals surface area contributed by atoms with Gasteiger partial charge >= 0.3 is 0 Å². The molecule has 1 N–H and O–H groups in total. The minimum Gasteiger partial charge on any atom is -0.486 e. The smallest absolute Gasteiger partial charge is 0.261 e. The Morgan fingerprint density at radius 3 is 2.68 bits per heavy atom. The number of morpholine rings is 1. The van der Waals surface area contributed by atoms with Gasteiger partial charge in [0.2, 0.25) is 0 Å². The van der Waals surface area contributed by atoms with Gasteiger partial charge in [-0.1, -0.05) is 6.07 Å². The SMILES string of the molecule is O=C(NCC(c1cccs1)N1CCOCC1)c1ccc(-c2ccc3c(c2)OCCO3)s1. The number of carbonyl (C=O) groups excluding carboxylic acids is 1. The largest absolute Gasteiger partial charge is 0.486 e. The fourth-order valence-electron chi connectivity index (χ4n) is 3.87. The minimum atomic E-state index is -0.0383. The Labute approximate surface area is 189 Å². The Hall–Kier alpha value is -2.39. The lowest BCUT2D eigenvalue weighted by molar-refractivity contribution is 0.0169. The minimum absolute atomic E-state index is 0.0383. The molecule has 4 heterocycles. The van der Waals surface area contributed by atoms with Gasteiger partial charge in [-0.2, -0.15) is 0 Å². The van der Waals surface area contributed by atoms with E-state index in [9.17, 15) is 4.79 Å². The highest BCUT2D eigenvalue weighted by atomic mass is 32.1. The lowest BCUT2D eigenvalue weighted by atomic mass is 10.1. The summed E-state index contributed by atoms with van der Waals surface area (Å²) < 4.78 is 16.8. The Morgan fingerprint density at radius 1 is 1.03 bits per heavy atom. The van der Waals surface area contributed by atoms with Crippen LogP contribution in [0.15, 0.2) is 47.8 Å². The first-order chi connectivity index (χ1) is 15.3. The third-order valence-electron chi connectivity index (χ3n) is 5.47. The molecular weight excluding hydrogens is 432 g/mol. The second-order valence-electron chi connectivity index (χ2n) is 7.41. The molecule has 162 valence electrons. The Kier molecular flexibility index (Phi) is 6.22. The summed E-state index contributed by atoms with van der Waals surface area (Å²) >= 11 is 3.22. The number of amides is 1. The molecule has 31 heavy (non-hydrogen) atoms. The zero-order chi connectivity index (χ0) is 21.0. The summed E-state index contributed by atoms with van der Waals surface area (Å²) in [4.78, 5) is 18.3. The Morgan fingerprint density at radius 2 is 1.87 bits per heavy atom. The van der Waals surface area contributed by atoms with E-state index < -0.39 is 0 Å². The predicted octanol–water partition coefficient (Wildman–Crippen LogP) is 4.05. The molecule has 1 atom stereocenters. The fraction of sp³-hybridized carbons (Fsp3) is 0.348. The second-order valence-corrected chi connectivity index (χ2v) is 9.47. The van der Waals surface area contributed by atoms with Crippen molar-refractivity contribution in [3.05, 3.63) is 57.6 Å². The van der Waals surface area contributed by atoms with Gasteiger partial charge in [-0.3, -0.25) is 9.69 Å². The van der Waals surface area contributed by atoms with Crippen molar-refractivity contribution in [1.82, 2.24) is 10.2 Å². The highest BCUT2D eigenvalue weighted by Gasteiger charge is 2.24. The molecule has 1 fully saturated rings. The van der Waals surface area contributed by atoms with Crippen molar-refractivity contribution in [2.24, 2.45) is 0 Å². The number of carbonyl (C=O) groups is 1. The molecule has 3 aromatic rings. The average molecular weight is 457 g/mol. The van der Waals surface area contributed by atoms with Crippen molar-refractivity contribution in [3.63, 3.8) is 0 Å². The van der Waals surface area contributed by atoms with E-state index >= 15 is 0 Å². The van der Waals surface area contributed by atoms with Crippen LogP contribution in [0.2, 0.25) is 0 Å². The van der Waals surface area contributed by atoms with Crippen molar-refractivity contribution in [2.45, 2.75) is 6.04 Å². The van der Waals surface area contributed by atoms with Crippen LogP contribution in [0, 0.1) is 0 Å². The molecule has 2 aliphatic rings. The zero-order valence-electron chi connectivity index (χ0n) is 17.0. The summed E-state index contributed by atoms with van der Waals surface area (Å²) in [5.74, 6) is 1.49. The Bertz CT molecular complexity index is 1030. The van der Waals surface area contributed by atoms with Crippen LogP contribution in [0.4, 0.5) is 0 Å². The summed E-state index contributed by atoms with van der Waals surface area (Å²) in [6.45, 7) is 4.95. The van der Waals surface area contributed by atoms with E-state index in [1.54, 1.807) is 11.3 Å². The number of fused-ring (bicyclic) bond motifs is 1. The van der Waals surface area contributed by atoms with Crippen molar-refractivity contribution in [3.8, 4) is 21.9 Å². The molecule has 1 saturated heterocycles. The molecule has 5 rings (SSSR count). The molecule has 0 spiro atoms. The number of rotatable bonds is 6. The van der Waals surface area contributed by atoms with Crippen LogP contribution in [0.5, 0.6) is 11.5 Å². The van der Waals surface area contributed by atoms with Gasteiger partial charge in [-0.25, -0.2) is 0 Å². The van der Waals surface area contributed by atoms with Crippen molar-refractivity contribution >= 4 is 28.6 Å². The lowest BCUT2D eigenvalue weighted by Crippen LogP contribution is -2.43. The fourth-order valence-corrected chi connectivity index (χ4v) is 5.65. The molecule has 0 bridgehead atoms. The first-order valence-corrected chi connectivity index (χ1v) is 12.1. The monoisotopic (exact) mass is 456 g/mol. The number of hydrogen-bond donors (Lipinski definition) is 1. The van der Waals surface area contributed by atoms with E-state index in [-0.39, 0.29) is 11.9 Å². The number of nitrogens with zero attached hydrogens (tertiary/aromatic N) is 1. The zero-order valence-corrected chi connectivity index (χ0v) is 18.7. The first-order valence-electron chi connectivity index (χ1n) is 10.4. The van der Waals surface area contributed by atoms with Gasteiger partial charge in [0, 0.05) is 29.4 Å². The summed E-state index contributed by atoms with van der Waals surface area (Å²) in [5.41, 5.74) is 1.03. The number of hydrogen-bond acceptors (Lipinski definition) is 7. The van der Waals surface area contributed by atoms with Crippen molar-refractivity contribution in [1.29, 1.82) is 0 Å². The molecule has 0 radical (unpaired) electrons. The van der Waals surface area contributed by atoms with Crippen LogP contribution in [0.1, 0.15) is 20.6 Å². The first kappa shape index (κ1) is 20.5. The van der Waals surface area contributed by atoms with Crippen LogP contribution in [-0.4, -0.2) is 56.9 Å². The Balaban J connectivity index is 1.27. The normalized spacial score (nSPS) is 17.3. The van der Waals surface area contributed by atoms with Gasteiger partial charge in [0.05, 0.1) is 24.1 Å². The predicted molar refractivity (Wildman–Crippen MR) is 123 cm³/mol. The number of thiophene rings is 2. The number of nitrogens with one attached hydrogen (secondary N) is 1. The van der Waals surface area contributed by atoms with E-state index in [1.807, 2.05) is 30.3 Å². The van der Waals surface area contributed by atoms with Gasteiger partial charge in [0.15, 0.2) is 11.5 Å². The number of benzene rings is 1. The summed E-state index contributed by atoms with van der Waals surface area (Å²) in [6.07, 6.45) is 0. The molecule has 6 nitrogen and oxygen atoms in total. The molecule has 8 heteroatoms. The van der Waals surface area contributed by atoms with Crippen LogP contribution in [-0.2, 0) is 4.74 Å². The average Bonchev–Trinajstić information content (AvgIpc) is 3.52. The van der Waals surface area contributed by atoms with Crippen LogP contribution < -0.4 is 14.8 Å². The molecule has 1 aromatic carbocycles. The summed E-state index contributed by atoms with van der Waals surface area (Å²) in [6, 6.07) is 14.2. The topological polar surface area (TPSA) is 60.0 Å². The van der Waals surface area contributed by atoms with Crippen molar-refractivity contribution in [2.75, 3.05) is 46.1 Å². The summed E-state index contributed by atoms with van der Waals surface area (Å²) in [7, 11) is 0. The van der Waals surface area contributed by atoms with Crippen molar-refractivity contribution < 1.29 is 19.0 Å². The molecule has 0 aliphatic carbocycles. The quantitative estimate of drug-likeness (QED) is 0.606. The third-order valence-corrected chi connectivity index (χ3v) is 7.58. The van der Waals surface area contributed by atoms with E-state index in [4.69, 9.17) is 14.2 Å². The molecule has 1 amide bonds. The van der Waals surface area contributed by atoms with Crippen LogP contribution in [0.3, 0.4) is 0 Å². The van der Waals surface area contributed by atoms with Crippen LogP contribution >= 0.6 is 22.7 Å². The maximum absolute atomic E-state index is 12.9. The maximum atomic E-state index is 12.9. The summed E-state index contributed by atoms with van der Waals surface area (Å²) in [5, 5.41) is 5.24. The van der Waals surface area contributed by atoms with E-state index in [0.717, 1.165) is 48.2 Å². The van der Waals surface area contributed by atoms with E-state index in [2.05, 4.69) is 27.7 Å². The van der Waals surface area contributed by atoms with E-state index in [1.165, 1.54) is 16.2 Å². The van der Waals surface area contributed by atoms with Gasteiger partial charge < -0.3 is 19.5 Å².